The third kappa shape index (κ3) is 3.69. The van der Waals surface area contributed by atoms with Gasteiger partial charge in [-0.15, -0.1) is 22.7 Å². The van der Waals surface area contributed by atoms with Crippen LogP contribution in [0.1, 0.15) is 24.1 Å². The van der Waals surface area contributed by atoms with Gasteiger partial charge >= 0.3 is 0 Å². The maximum absolute atomic E-state index is 5.39. The normalized spacial score (nSPS) is 13.4. The van der Waals surface area contributed by atoms with Gasteiger partial charge in [0.1, 0.15) is 0 Å². The van der Waals surface area contributed by atoms with Gasteiger partial charge in [0.2, 0.25) is 0 Å². The number of hydrogen-bond acceptors (Lipinski definition) is 4. The third-order valence-corrected chi connectivity index (χ3v) is 5.53. The van der Waals surface area contributed by atoms with Crippen molar-refractivity contribution in [3.63, 3.8) is 0 Å². The van der Waals surface area contributed by atoms with Gasteiger partial charge in [0.05, 0.1) is 28.9 Å². The monoisotopic (exact) mass is 358 g/mol. The number of thiazole rings is 1. The summed E-state index contributed by atoms with van der Waals surface area (Å²) < 4.78 is 7.68. The molecule has 1 unspecified atom stereocenters. The van der Waals surface area contributed by atoms with E-state index in [1.54, 1.807) is 29.8 Å². The molecule has 0 saturated carbocycles. The van der Waals surface area contributed by atoms with Crippen LogP contribution in [0, 0.1) is 13.8 Å². The summed E-state index contributed by atoms with van der Waals surface area (Å²) in [5.41, 5.74) is 4.69. The molecule has 2 heterocycles. The molecule has 3 rings (SSSR count). The molecule has 126 valence electrons. The van der Waals surface area contributed by atoms with Crippen LogP contribution in [0.5, 0.6) is 0 Å². The highest BCUT2D eigenvalue weighted by Gasteiger charge is 2.14. The maximum Gasteiger partial charge on any atom is 0.190 e. The van der Waals surface area contributed by atoms with Crippen LogP contribution in [0.4, 0.5) is 5.69 Å². The highest BCUT2D eigenvalue weighted by molar-refractivity contribution is 7.14. The minimum atomic E-state index is 0.225. The number of benzene rings is 1. The fourth-order valence-corrected chi connectivity index (χ4v) is 4.69. The predicted octanol–water partition coefficient (Wildman–Crippen LogP) is 5.33. The molecule has 3 aromatic rings. The van der Waals surface area contributed by atoms with Gasteiger partial charge in [0.15, 0.2) is 4.80 Å². The molecule has 0 aliphatic rings. The molecule has 0 N–H and O–H groups in total. The average Bonchev–Trinajstić information content (AvgIpc) is 3.15. The van der Waals surface area contributed by atoms with Crippen LogP contribution in [-0.2, 0) is 4.74 Å². The molecule has 0 bridgehead atoms. The van der Waals surface area contributed by atoms with Crippen molar-refractivity contribution < 1.29 is 4.74 Å². The Morgan fingerprint density at radius 3 is 2.54 bits per heavy atom. The summed E-state index contributed by atoms with van der Waals surface area (Å²) in [7, 11) is 1.75. The third-order valence-electron chi connectivity index (χ3n) is 3.80. The van der Waals surface area contributed by atoms with Crippen LogP contribution in [0.25, 0.3) is 10.6 Å². The molecule has 0 saturated heterocycles. The van der Waals surface area contributed by atoms with E-state index >= 15 is 0 Å². The molecule has 1 atom stereocenters. The lowest BCUT2D eigenvalue weighted by molar-refractivity contribution is 0.162. The van der Waals surface area contributed by atoms with Gasteiger partial charge in [0.25, 0.3) is 0 Å². The summed E-state index contributed by atoms with van der Waals surface area (Å²) in [6.07, 6.45) is 0. The molecule has 1 aromatic carbocycles. The van der Waals surface area contributed by atoms with Crippen LogP contribution < -0.4 is 4.80 Å². The highest BCUT2D eigenvalue weighted by atomic mass is 32.1. The zero-order chi connectivity index (χ0) is 17.1. The van der Waals surface area contributed by atoms with E-state index in [1.807, 2.05) is 0 Å². The number of methoxy groups -OCH3 is 1. The number of hydrogen-bond donors (Lipinski definition) is 0. The fourth-order valence-electron chi connectivity index (χ4n) is 2.87. The second kappa shape index (κ2) is 7.47. The Hall–Kier alpha value is -1.69. The van der Waals surface area contributed by atoms with Crippen molar-refractivity contribution in [1.82, 2.24) is 4.57 Å². The van der Waals surface area contributed by atoms with E-state index in [0.717, 1.165) is 10.5 Å². The lowest BCUT2D eigenvalue weighted by Crippen LogP contribution is -2.22. The number of aryl methyl sites for hydroxylation is 2. The summed E-state index contributed by atoms with van der Waals surface area (Å²) in [6.45, 7) is 7.06. The largest absolute Gasteiger partial charge is 0.383 e. The molecule has 0 aliphatic carbocycles. The van der Waals surface area contributed by atoms with Crippen LogP contribution in [0.3, 0.4) is 0 Å². The quantitative estimate of drug-likeness (QED) is 0.605. The Morgan fingerprint density at radius 2 is 1.92 bits per heavy atom. The Kier molecular flexibility index (Phi) is 5.33. The SMILES string of the molecule is COCC(C)n1c(-c2cccs2)csc1=Nc1cc(C)cc(C)c1. The number of thiophene rings is 1. The minimum Gasteiger partial charge on any atom is -0.383 e. The Labute approximate surface area is 150 Å². The number of rotatable bonds is 5. The van der Waals surface area contributed by atoms with Crippen LogP contribution >= 0.6 is 22.7 Å². The standard InChI is InChI=1S/C19H22N2OS2/c1-13-8-14(2)10-16(9-13)20-19-21(15(3)11-22-4)17(12-24-19)18-6-5-7-23-18/h5-10,12,15H,11H2,1-4H3. The van der Waals surface area contributed by atoms with E-state index in [9.17, 15) is 0 Å². The average molecular weight is 359 g/mol. The lowest BCUT2D eigenvalue weighted by atomic mass is 10.1. The van der Waals surface area contributed by atoms with Gasteiger partial charge in [-0.25, -0.2) is 4.99 Å². The topological polar surface area (TPSA) is 26.5 Å². The number of nitrogens with zero attached hydrogens (tertiary/aromatic N) is 2. The minimum absolute atomic E-state index is 0.225. The van der Waals surface area contributed by atoms with Crippen molar-refractivity contribution in [1.29, 1.82) is 0 Å². The highest BCUT2D eigenvalue weighted by Crippen LogP contribution is 2.28. The second-order valence-corrected chi connectivity index (χ2v) is 7.80. The van der Waals surface area contributed by atoms with Crippen molar-refractivity contribution in [3.8, 4) is 10.6 Å². The van der Waals surface area contributed by atoms with Crippen molar-refractivity contribution in [2.75, 3.05) is 13.7 Å². The van der Waals surface area contributed by atoms with Crippen LogP contribution in [0.15, 0.2) is 46.1 Å². The smallest absolute Gasteiger partial charge is 0.190 e. The Balaban J connectivity index is 2.15. The zero-order valence-electron chi connectivity index (χ0n) is 14.4. The van der Waals surface area contributed by atoms with Crippen LogP contribution in [-0.4, -0.2) is 18.3 Å². The molecule has 0 amide bonds. The molecule has 5 heteroatoms. The van der Waals surface area contributed by atoms with Gasteiger partial charge in [-0.2, -0.15) is 0 Å². The molecular formula is C19H22N2OS2. The van der Waals surface area contributed by atoms with E-state index in [1.165, 1.54) is 21.7 Å². The molecule has 0 spiro atoms. The fraction of sp³-hybridized carbons (Fsp3) is 0.316. The summed E-state index contributed by atoms with van der Waals surface area (Å²) in [6, 6.07) is 10.9. The molecule has 0 fully saturated rings. The molecule has 24 heavy (non-hydrogen) atoms. The van der Waals surface area contributed by atoms with Gasteiger partial charge in [0, 0.05) is 12.5 Å². The molecule has 2 aromatic heterocycles. The van der Waals surface area contributed by atoms with E-state index in [2.05, 4.69) is 66.4 Å². The first kappa shape index (κ1) is 17.1. The zero-order valence-corrected chi connectivity index (χ0v) is 16.1. The van der Waals surface area contributed by atoms with Crippen molar-refractivity contribution in [2.24, 2.45) is 4.99 Å². The van der Waals surface area contributed by atoms with Gasteiger partial charge in [-0.3, -0.25) is 0 Å². The van der Waals surface area contributed by atoms with Crippen molar-refractivity contribution >= 4 is 28.4 Å². The van der Waals surface area contributed by atoms with E-state index in [-0.39, 0.29) is 6.04 Å². The van der Waals surface area contributed by atoms with Crippen molar-refractivity contribution in [2.45, 2.75) is 26.8 Å². The van der Waals surface area contributed by atoms with Crippen LogP contribution in [0.2, 0.25) is 0 Å². The first-order valence-electron chi connectivity index (χ1n) is 7.94. The Morgan fingerprint density at radius 1 is 1.17 bits per heavy atom. The summed E-state index contributed by atoms with van der Waals surface area (Å²) in [5.74, 6) is 0. The summed E-state index contributed by atoms with van der Waals surface area (Å²) >= 11 is 3.44. The number of ether oxygens (including phenoxy) is 1. The number of aromatic nitrogens is 1. The second-order valence-electron chi connectivity index (χ2n) is 6.01. The van der Waals surface area contributed by atoms with Crippen molar-refractivity contribution in [3.05, 3.63) is 57.0 Å². The lowest BCUT2D eigenvalue weighted by Gasteiger charge is -2.15. The van der Waals surface area contributed by atoms with Gasteiger partial charge in [-0.1, -0.05) is 12.1 Å². The first-order chi connectivity index (χ1) is 11.6. The molecule has 0 radical (unpaired) electrons. The summed E-state index contributed by atoms with van der Waals surface area (Å²) in [5, 5.41) is 4.30. The molecular weight excluding hydrogens is 336 g/mol. The van der Waals surface area contributed by atoms with Gasteiger partial charge in [-0.05, 0) is 55.5 Å². The first-order valence-corrected chi connectivity index (χ1v) is 9.70. The Bertz CT molecular complexity index is 855. The van der Waals surface area contributed by atoms with Gasteiger partial charge < -0.3 is 9.30 Å². The van der Waals surface area contributed by atoms with E-state index in [4.69, 9.17) is 9.73 Å². The maximum atomic E-state index is 5.39. The van der Waals surface area contributed by atoms with E-state index < -0.39 is 0 Å². The summed E-state index contributed by atoms with van der Waals surface area (Å²) in [4.78, 5) is 7.19. The predicted molar refractivity (Wildman–Crippen MR) is 103 cm³/mol. The molecule has 3 nitrogen and oxygen atoms in total. The molecule has 0 aliphatic heterocycles. The van der Waals surface area contributed by atoms with E-state index in [0.29, 0.717) is 6.61 Å².